The van der Waals surface area contributed by atoms with E-state index in [1.54, 1.807) is 0 Å². The lowest BCUT2D eigenvalue weighted by Gasteiger charge is -2.16. The molecule has 0 saturated carbocycles. The topological polar surface area (TPSA) is 107 Å². The lowest BCUT2D eigenvalue weighted by atomic mass is 10.2. The van der Waals surface area contributed by atoms with Gasteiger partial charge in [0.05, 0.1) is 0 Å². The summed E-state index contributed by atoms with van der Waals surface area (Å²) in [5.41, 5.74) is 0.865. The fourth-order valence-electron chi connectivity index (χ4n) is 1.70. The van der Waals surface area contributed by atoms with Crippen LogP contribution in [0.4, 0.5) is 4.79 Å². The van der Waals surface area contributed by atoms with Gasteiger partial charge >= 0.3 is 6.09 Å². The minimum atomic E-state index is -1.20. The summed E-state index contributed by atoms with van der Waals surface area (Å²) in [5.74, 6) is 0.238. The molecule has 0 fully saturated rings. The number of benzene rings is 1. The highest BCUT2D eigenvalue weighted by Crippen LogP contribution is 2.11. The summed E-state index contributed by atoms with van der Waals surface area (Å²) < 4.78 is 4.98. The van der Waals surface area contributed by atoms with E-state index < -0.39 is 18.3 Å². The molecule has 2 aromatic rings. The molecule has 1 amide bonds. The van der Waals surface area contributed by atoms with Crippen molar-refractivity contribution in [3.63, 3.8) is 0 Å². The molecule has 0 radical (unpaired) electrons. The van der Waals surface area contributed by atoms with Gasteiger partial charge in [0.1, 0.15) is 24.6 Å². The zero-order chi connectivity index (χ0) is 15.1. The smallest absolute Gasteiger partial charge is 0.407 e. The van der Waals surface area contributed by atoms with E-state index in [-0.39, 0.29) is 19.0 Å². The van der Waals surface area contributed by atoms with E-state index in [1.165, 1.54) is 12.4 Å². The Labute approximate surface area is 121 Å². The van der Waals surface area contributed by atoms with Crippen LogP contribution in [0, 0.1) is 0 Å². The lowest BCUT2D eigenvalue weighted by Crippen LogP contribution is -2.36. The van der Waals surface area contributed by atoms with Crippen LogP contribution in [0.5, 0.6) is 0 Å². The fraction of sp³-hybridized carbons (Fsp3) is 0.286. The van der Waals surface area contributed by atoms with Crippen LogP contribution >= 0.6 is 0 Å². The van der Waals surface area contributed by atoms with Crippen molar-refractivity contribution >= 4 is 6.09 Å². The number of aromatic amines is 1. The first-order valence-electron chi connectivity index (χ1n) is 6.47. The van der Waals surface area contributed by atoms with E-state index in [2.05, 4.69) is 15.3 Å². The van der Waals surface area contributed by atoms with Gasteiger partial charge in [0.25, 0.3) is 0 Å². The maximum absolute atomic E-state index is 11.5. The Hall–Kier alpha value is -2.38. The summed E-state index contributed by atoms with van der Waals surface area (Å²) in [6, 6.07) is 9.24. The van der Waals surface area contributed by atoms with Crippen molar-refractivity contribution in [3.8, 4) is 0 Å². The number of rotatable bonds is 6. The number of carbonyl (C=O) groups excluding carboxylic acids is 1. The molecule has 7 nitrogen and oxygen atoms in total. The summed E-state index contributed by atoms with van der Waals surface area (Å²) in [6.07, 6.45) is -0.0426. The van der Waals surface area contributed by atoms with E-state index >= 15 is 0 Å². The maximum atomic E-state index is 11.5. The molecule has 0 spiro atoms. The van der Waals surface area contributed by atoms with Gasteiger partial charge in [0.15, 0.2) is 0 Å². The van der Waals surface area contributed by atoms with Crippen molar-refractivity contribution in [2.24, 2.45) is 0 Å². The van der Waals surface area contributed by atoms with Gasteiger partial charge in [-0.05, 0) is 5.56 Å². The van der Waals surface area contributed by atoms with Crippen LogP contribution in [-0.2, 0) is 11.3 Å². The molecule has 4 N–H and O–H groups in total. The fourth-order valence-corrected chi connectivity index (χ4v) is 1.70. The lowest BCUT2D eigenvalue weighted by molar-refractivity contribution is 0.0137. The van der Waals surface area contributed by atoms with Gasteiger partial charge in [-0.1, -0.05) is 30.3 Å². The summed E-state index contributed by atoms with van der Waals surface area (Å²) in [7, 11) is 0. The Morgan fingerprint density at radius 2 is 2.10 bits per heavy atom. The van der Waals surface area contributed by atoms with Crippen molar-refractivity contribution in [2.45, 2.75) is 18.8 Å². The molecule has 112 valence electrons. The van der Waals surface area contributed by atoms with Gasteiger partial charge in [-0.15, -0.1) is 0 Å². The molecule has 2 unspecified atom stereocenters. The zero-order valence-electron chi connectivity index (χ0n) is 11.3. The van der Waals surface area contributed by atoms with Gasteiger partial charge in [-0.25, -0.2) is 9.78 Å². The largest absolute Gasteiger partial charge is 0.445 e. The third-order valence-electron chi connectivity index (χ3n) is 2.83. The Balaban J connectivity index is 1.71. The second-order valence-corrected chi connectivity index (χ2v) is 4.43. The Bertz CT molecular complexity index is 545. The summed E-state index contributed by atoms with van der Waals surface area (Å²) in [5, 5.41) is 21.9. The molecule has 21 heavy (non-hydrogen) atoms. The number of nitrogens with one attached hydrogen (secondary N) is 2. The molecule has 1 heterocycles. The molecular weight excluding hydrogens is 274 g/mol. The number of aromatic nitrogens is 2. The normalized spacial score (nSPS) is 13.4. The number of amides is 1. The molecule has 7 heteroatoms. The van der Waals surface area contributed by atoms with Crippen molar-refractivity contribution in [1.29, 1.82) is 0 Å². The SMILES string of the molecule is O=C(NCC(O)C(O)c1ncc[nH]1)OCc1ccccc1. The molecule has 0 aliphatic carbocycles. The van der Waals surface area contributed by atoms with E-state index in [0.717, 1.165) is 5.56 Å². The number of nitrogens with zero attached hydrogens (tertiary/aromatic N) is 1. The second kappa shape index (κ2) is 7.41. The first kappa shape index (κ1) is 15.0. The van der Waals surface area contributed by atoms with E-state index in [0.29, 0.717) is 0 Å². The van der Waals surface area contributed by atoms with Gasteiger partial charge in [-0.2, -0.15) is 0 Å². The van der Waals surface area contributed by atoms with Crippen LogP contribution in [-0.4, -0.2) is 38.9 Å². The standard InChI is InChI=1S/C14H17N3O4/c18-11(12(19)13-15-6-7-16-13)8-17-14(20)21-9-10-4-2-1-3-5-10/h1-7,11-12,18-19H,8-9H2,(H,15,16)(H,17,20). The number of hydrogen-bond donors (Lipinski definition) is 4. The van der Waals surface area contributed by atoms with Crippen LogP contribution in [0.1, 0.15) is 17.5 Å². The molecule has 0 aliphatic heterocycles. The average Bonchev–Trinajstić information content (AvgIpc) is 3.05. The summed E-state index contributed by atoms with van der Waals surface area (Å²) >= 11 is 0. The van der Waals surface area contributed by atoms with Gasteiger partial charge in [-0.3, -0.25) is 0 Å². The third-order valence-corrected chi connectivity index (χ3v) is 2.83. The number of alkyl carbamates (subject to hydrolysis) is 1. The highest BCUT2D eigenvalue weighted by Gasteiger charge is 2.21. The van der Waals surface area contributed by atoms with Gasteiger partial charge < -0.3 is 25.3 Å². The molecule has 1 aromatic heterocycles. The van der Waals surface area contributed by atoms with Gasteiger partial charge in [0.2, 0.25) is 0 Å². The summed E-state index contributed by atoms with van der Waals surface area (Å²) in [6.45, 7) is -0.000996. The first-order valence-corrected chi connectivity index (χ1v) is 6.47. The number of imidazole rings is 1. The Kier molecular flexibility index (Phi) is 5.30. The monoisotopic (exact) mass is 291 g/mol. The minimum absolute atomic E-state index is 0.142. The molecule has 2 rings (SSSR count). The Morgan fingerprint density at radius 1 is 1.33 bits per heavy atom. The number of H-pyrrole nitrogens is 1. The average molecular weight is 291 g/mol. The molecular formula is C14H17N3O4. The minimum Gasteiger partial charge on any atom is -0.445 e. The van der Waals surface area contributed by atoms with Crippen LogP contribution < -0.4 is 5.32 Å². The molecule has 2 atom stereocenters. The van der Waals surface area contributed by atoms with Crippen LogP contribution in [0.2, 0.25) is 0 Å². The number of aliphatic hydroxyl groups is 2. The van der Waals surface area contributed by atoms with E-state index in [1.807, 2.05) is 30.3 Å². The number of hydrogen-bond acceptors (Lipinski definition) is 5. The highest BCUT2D eigenvalue weighted by molar-refractivity contribution is 5.67. The number of aliphatic hydroxyl groups excluding tert-OH is 2. The highest BCUT2D eigenvalue weighted by atomic mass is 16.5. The zero-order valence-corrected chi connectivity index (χ0v) is 11.3. The van der Waals surface area contributed by atoms with E-state index in [4.69, 9.17) is 4.74 Å². The predicted octanol–water partition coefficient (Wildman–Crippen LogP) is 0.730. The van der Waals surface area contributed by atoms with Crippen LogP contribution in [0.25, 0.3) is 0 Å². The molecule has 0 saturated heterocycles. The number of ether oxygens (including phenoxy) is 1. The first-order chi connectivity index (χ1) is 10.2. The molecule has 0 aliphatic rings. The molecule has 1 aromatic carbocycles. The molecule has 0 bridgehead atoms. The van der Waals surface area contributed by atoms with Crippen molar-refractivity contribution in [1.82, 2.24) is 15.3 Å². The quantitative estimate of drug-likeness (QED) is 0.627. The predicted molar refractivity (Wildman–Crippen MR) is 74.2 cm³/mol. The maximum Gasteiger partial charge on any atom is 0.407 e. The van der Waals surface area contributed by atoms with Gasteiger partial charge in [0, 0.05) is 18.9 Å². The van der Waals surface area contributed by atoms with Crippen molar-refractivity contribution < 1.29 is 19.7 Å². The third kappa shape index (κ3) is 4.59. The second-order valence-electron chi connectivity index (χ2n) is 4.43. The van der Waals surface area contributed by atoms with E-state index in [9.17, 15) is 15.0 Å². The van der Waals surface area contributed by atoms with Crippen molar-refractivity contribution in [3.05, 3.63) is 54.1 Å². The van der Waals surface area contributed by atoms with Crippen molar-refractivity contribution in [2.75, 3.05) is 6.54 Å². The van der Waals surface area contributed by atoms with Crippen LogP contribution in [0.3, 0.4) is 0 Å². The summed E-state index contributed by atoms with van der Waals surface area (Å²) in [4.78, 5) is 18.0. The van der Waals surface area contributed by atoms with Crippen LogP contribution in [0.15, 0.2) is 42.7 Å². The number of carbonyl (C=O) groups is 1. The Morgan fingerprint density at radius 3 is 2.76 bits per heavy atom.